The molecule has 1 saturated heterocycles. The summed E-state index contributed by atoms with van der Waals surface area (Å²) < 4.78 is 6.62. The normalized spacial score (nSPS) is 14.9. The van der Waals surface area contributed by atoms with Crippen LogP contribution in [-0.4, -0.2) is 36.2 Å². The molecule has 2 heterocycles. The van der Waals surface area contributed by atoms with Crippen LogP contribution in [-0.2, 0) is 0 Å². The number of nitrogens with zero attached hydrogens (tertiary/aromatic N) is 2. The third-order valence-corrected chi connectivity index (χ3v) is 5.24. The molecule has 0 unspecified atom stereocenters. The van der Waals surface area contributed by atoms with E-state index >= 15 is 0 Å². The van der Waals surface area contributed by atoms with E-state index in [0.29, 0.717) is 6.04 Å². The fourth-order valence-corrected chi connectivity index (χ4v) is 3.75. The van der Waals surface area contributed by atoms with Crippen molar-refractivity contribution >= 4 is 44.0 Å². The Kier molecular flexibility index (Phi) is 5.40. The lowest BCUT2D eigenvalue weighted by Crippen LogP contribution is -2.35. The highest BCUT2D eigenvalue weighted by molar-refractivity contribution is 9.10. The summed E-state index contributed by atoms with van der Waals surface area (Å²) in [5.74, 6) is 1.57. The molecule has 0 radical (unpaired) electrons. The van der Waals surface area contributed by atoms with Gasteiger partial charge in [0, 0.05) is 27.7 Å². The zero-order valence-corrected chi connectivity index (χ0v) is 16.7. The van der Waals surface area contributed by atoms with Crippen molar-refractivity contribution in [1.29, 1.82) is 0 Å². The third kappa shape index (κ3) is 4.14. The van der Waals surface area contributed by atoms with Crippen LogP contribution >= 0.6 is 15.9 Å². The molecule has 0 aliphatic carbocycles. The number of fused-ring (bicyclic) bond motifs is 1. The number of hydrogen-bond acceptors (Lipinski definition) is 6. The summed E-state index contributed by atoms with van der Waals surface area (Å²) in [7, 11) is 1.69. The Bertz CT molecular complexity index is 943. The van der Waals surface area contributed by atoms with Gasteiger partial charge in [0.25, 0.3) is 0 Å². The molecule has 1 aliphatic heterocycles. The number of hydrogen-bond donors (Lipinski definition) is 3. The number of benzene rings is 2. The summed E-state index contributed by atoms with van der Waals surface area (Å²) >= 11 is 3.51. The summed E-state index contributed by atoms with van der Waals surface area (Å²) in [6.45, 7) is 2.07. The Labute approximate surface area is 166 Å². The minimum Gasteiger partial charge on any atom is -0.495 e. The first-order valence-electron chi connectivity index (χ1n) is 9.05. The summed E-state index contributed by atoms with van der Waals surface area (Å²) in [6, 6.07) is 12.5. The number of rotatable bonds is 5. The van der Waals surface area contributed by atoms with Crippen LogP contribution in [0, 0.1) is 0 Å². The van der Waals surface area contributed by atoms with Crippen molar-refractivity contribution < 1.29 is 4.74 Å². The van der Waals surface area contributed by atoms with Crippen LogP contribution in [0.2, 0.25) is 0 Å². The fraction of sp³-hybridized carbons (Fsp3) is 0.300. The van der Waals surface area contributed by atoms with Crippen LogP contribution in [0.25, 0.3) is 10.9 Å². The first-order chi connectivity index (χ1) is 13.2. The average molecular weight is 428 g/mol. The van der Waals surface area contributed by atoms with Gasteiger partial charge in [0.1, 0.15) is 17.9 Å². The molecule has 7 heteroatoms. The monoisotopic (exact) mass is 427 g/mol. The maximum atomic E-state index is 5.60. The van der Waals surface area contributed by atoms with Crippen LogP contribution in [0.15, 0.2) is 47.2 Å². The average Bonchev–Trinajstić information content (AvgIpc) is 2.69. The molecule has 6 nitrogen and oxygen atoms in total. The highest BCUT2D eigenvalue weighted by Crippen LogP contribution is 2.34. The number of anilines is 3. The van der Waals surface area contributed by atoms with Crippen LogP contribution in [0.1, 0.15) is 12.8 Å². The van der Waals surface area contributed by atoms with Gasteiger partial charge in [-0.05, 0) is 50.2 Å². The van der Waals surface area contributed by atoms with Gasteiger partial charge in [-0.15, -0.1) is 0 Å². The molecular formula is C20H22BrN5O. The highest BCUT2D eigenvalue weighted by atomic mass is 79.9. The van der Waals surface area contributed by atoms with Gasteiger partial charge in [0.05, 0.1) is 18.3 Å². The Morgan fingerprint density at radius 3 is 2.78 bits per heavy atom. The second-order valence-corrected chi connectivity index (χ2v) is 7.51. The number of methoxy groups -OCH3 is 1. The smallest absolute Gasteiger partial charge is 0.144 e. The van der Waals surface area contributed by atoms with Gasteiger partial charge in [0.2, 0.25) is 0 Å². The van der Waals surface area contributed by atoms with E-state index in [9.17, 15) is 0 Å². The number of aromatic nitrogens is 2. The van der Waals surface area contributed by atoms with E-state index in [4.69, 9.17) is 4.74 Å². The highest BCUT2D eigenvalue weighted by Gasteiger charge is 2.16. The molecule has 0 spiro atoms. The van der Waals surface area contributed by atoms with Crippen molar-refractivity contribution in [3.63, 3.8) is 0 Å². The third-order valence-electron chi connectivity index (χ3n) is 4.74. The molecule has 3 aromatic rings. The molecule has 1 aliphatic rings. The van der Waals surface area contributed by atoms with Crippen molar-refractivity contribution in [2.75, 3.05) is 30.8 Å². The Morgan fingerprint density at radius 2 is 2.00 bits per heavy atom. The van der Waals surface area contributed by atoms with E-state index in [1.807, 2.05) is 30.3 Å². The molecule has 1 fully saturated rings. The zero-order chi connectivity index (χ0) is 18.6. The minimum atomic E-state index is 0.434. The molecule has 2 aromatic carbocycles. The van der Waals surface area contributed by atoms with Crippen LogP contribution in [0.3, 0.4) is 0 Å². The van der Waals surface area contributed by atoms with Crippen molar-refractivity contribution in [1.82, 2.24) is 15.3 Å². The van der Waals surface area contributed by atoms with Gasteiger partial charge in [0.15, 0.2) is 0 Å². The topological polar surface area (TPSA) is 71.1 Å². The van der Waals surface area contributed by atoms with Crippen LogP contribution < -0.4 is 20.7 Å². The second-order valence-electron chi connectivity index (χ2n) is 6.60. The first-order valence-corrected chi connectivity index (χ1v) is 9.85. The van der Waals surface area contributed by atoms with E-state index in [1.165, 1.54) is 0 Å². The van der Waals surface area contributed by atoms with E-state index in [0.717, 1.165) is 64.2 Å². The zero-order valence-electron chi connectivity index (χ0n) is 15.1. The Hall–Kier alpha value is -2.38. The van der Waals surface area contributed by atoms with Gasteiger partial charge in [-0.2, -0.15) is 0 Å². The molecule has 4 rings (SSSR count). The van der Waals surface area contributed by atoms with Gasteiger partial charge in [-0.25, -0.2) is 9.97 Å². The number of ether oxygens (including phenoxy) is 1. The molecule has 1 aromatic heterocycles. The molecular weight excluding hydrogens is 406 g/mol. The van der Waals surface area contributed by atoms with Crippen LogP contribution in [0.5, 0.6) is 5.75 Å². The number of halogens is 1. The number of piperidine rings is 1. The molecule has 0 bridgehead atoms. The van der Waals surface area contributed by atoms with Crippen molar-refractivity contribution in [3.8, 4) is 5.75 Å². The summed E-state index contributed by atoms with van der Waals surface area (Å²) in [4.78, 5) is 8.88. The Morgan fingerprint density at radius 1 is 1.15 bits per heavy atom. The van der Waals surface area contributed by atoms with E-state index in [-0.39, 0.29) is 0 Å². The molecule has 0 amide bonds. The van der Waals surface area contributed by atoms with Gasteiger partial charge in [-0.1, -0.05) is 22.0 Å². The van der Waals surface area contributed by atoms with Gasteiger partial charge >= 0.3 is 0 Å². The van der Waals surface area contributed by atoms with Crippen molar-refractivity contribution in [3.05, 3.63) is 47.2 Å². The fourth-order valence-electron chi connectivity index (χ4n) is 3.35. The maximum Gasteiger partial charge on any atom is 0.144 e. The van der Waals surface area contributed by atoms with Crippen molar-refractivity contribution in [2.24, 2.45) is 0 Å². The SMILES string of the molecule is COc1cc2ncnc(Nc3cccc(Br)c3)c2cc1NC1CCNCC1. The lowest BCUT2D eigenvalue weighted by Gasteiger charge is -2.25. The molecule has 0 saturated carbocycles. The standard InChI is InChI=1S/C20H22BrN5O/c1-27-19-11-17-16(10-18(19)25-14-5-7-22-8-6-14)20(24-12-23-17)26-15-4-2-3-13(21)9-15/h2-4,9-12,14,22,25H,5-8H2,1H3,(H,23,24,26). The number of nitrogens with one attached hydrogen (secondary N) is 3. The van der Waals surface area contributed by atoms with Gasteiger partial charge in [-0.3, -0.25) is 0 Å². The predicted octanol–water partition coefficient (Wildman–Crippen LogP) is 4.31. The Balaban J connectivity index is 1.70. The van der Waals surface area contributed by atoms with E-state index in [1.54, 1.807) is 13.4 Å². The van der Waals surface area contributed by atoms with Crippen LogP contribution in [0.4, 0.5) is 17.2 Å². The molecule has 27 heavy (non-hydrogen) atoms. The molecule has 140 valence electrons. The lowest BCUT2D eigenvalue weighted by molar-refractivity contribution is 0.414. The van der Waals surface area contributed by atoms with Gasteiger partial charge < -0.3 is 20.7 Å². The predicted molar refractivity (Wildman–Crippen MR) is 113 cm³/mol. The lowest BCUT2D eigenvalue weighted by atomic mass is 10.1. The summed E-state index contributed by atoms with van der Waals surface area (Å²) in [6.07, 6.45) is 3.76. The molecule has 0 atom stereocenters. The van der Waals surface area contributed by atoms with E-state index < -0.39 is 0 Å². The first kappa shape index (κ1) is 18.0. The minimum absolute atomic E-state index is 0.434. The quantitative estimate of drug-likeness (QED) is 0.563. The second kappa shape index (κ2) is 8.10. The van der Waals surface area contributed by atoms with Crippen molar-refractivity contribution in [2.45, 2.75) is 18.9 Å². The summed E-state index contributed by atoms with van der Waals surface area (Å²) in [5, 5.41) is 11.4. The maximum absolute atomic E-state index is 5.60. The largest absolute Gasteiger partial charge is 0.495 e. The van der Waals surface area contributed by atoms with E-state index in [2.05, 4.69) is 47.9 Å². The summed E-state index contributed by atoms with van der Waals surface area (Å²) in [5.41, 5.74) is 2.78. The molecule has 3 N–H and O–H groups in total.